The molecular weight excluding hydrogens is 270 g/mol. The van der Waals surface area contributed by atoms with E-state index in [9.17, 15) is 9.59 Å². The Bertz CT molecular complexity index is 385. The van der Waals surface area contributed by atoms with Gasteiger partial charge in [-0.05, 0) is 24.3 Å². The molecular formula is C12H14BrNO2. The van der Waals surface area contributed by atoms with Crippen LogP contribution < -0.4 is 5.32 Å². The molecule has 86 valence electrons. The Morgan fingerprint density at radius 3 is 2.31 bits per heavy atom. The molecule has 0 fully saturated rings. The van der Waals surface area contributed by atoms with E-state index in [4.69, 9.17) is 0 Å². The Balaban J connectivity index is 2.53. The predicted octanol–water partition coefficient (Wildman–Crippen LogP) is 2.40. The minimum absolute atomic E-state index is 0.0328. The van der Waals surface area contributed by atoms with Gasteiger partial charge in [0.05, 0.1) is 6.54 Å². The quantitative estimate of drug-likeness (QED) is 0.922. The smallest absolute Gasteiger partial charge is 0.251 e. The number of hydrogen-bond donors (Lipinski definition) is 1. The second kappa shape index (κ2) is 5.80. The van der Waals surface area contributed by atoms with Crippen LogP contribution in [0.5, 0.6) is 0 Å². The first-order valence-electron chi connectivity index (χ1n) is 5.07. The van der Waals surface area contributed by atoms with Crippen molar-refractivity contribution in [2.75, 3.05) is 6.54 Å². The first-order chi connectivity index (χ1) is 7.50. The molecule has 0 aliphatic carbocycles. The lowest BCUT2D eigenvalue weighted by Gasteiger charge is -2.06. The van der Waals surface area contributed by atoms with Crippen molar-refractivity contribution in [1.82, 2.24) is 5.32 Å². The van der Waals surface area contributed by atoms with Crippen LogP contribution in [-0.4, -0.2) is 18.2 Å². The molecule has 1 aromatic carbocycles. The summed E-state index contributed by atoms with van der Waals surface area (Å²) in [4.78, 5) is 22.9. The largest absolute Gasteiger partial charge is 0.345 e. The van der Waals surface area contributed by atoms with Crippen LogP contribution in [0.4, 0.5) is 0 Å². The molecule has 0 unspecified atom stereocenters. The van der Waals surface area contributed by atoms with Crippen LogP contribution in [0.1, 0.15) is 24.2 Å². The summed E-state index contributed by atoms with van der Waals surface area (Å²) in [6.45, 7) is 3.72. The van der Waals surface area contributed by atoms with E-state index in [0.29, 0.717) is 5.56 Å². The molecule has 1 aromatic rings. The monoisotopic (exact) mass is 283 g/mol. The summed E-state index contributed by atoms with van der Waals surface area (Å²) in [6, 6.07) is 7.00. The molecule has 0 spiro atoms. The van der Waals surface area contributed by atoms with E-state index in [0.717, 1.165) is 4.47 Å². The van der Waals surface area contributed by atoms with Gasteiger partial charge in [0.25, 0.3) is 5.91 Å². The molecule has 0 saturated carbocycles. The van der Waals surface area contributed by atoms with Gasteiger partial charge in [-0.15, -0.1) is 0 Å². The van der Waals surface area contributed by atoms with Gasteiger partial charge in [0, 0.05) is 16.0 Å². The number of nitrogens with one attached hydrogen (secondary N) is 1. The number of carbonyl (C=O) groups excluding carboxylic acids is 2. The molecule has 0 saturated heterocycles. The maximum absolute atomic E-state index is 11.6. The molecule has 1 amide bonds. The highest BCUT2D eigenvalue weighted by Crippen LogP contribution is 2.10. The van der Waals surface area contributed by atoms with Gasteiger partial charge >= 0.3 is 0 Å². The van der Waals surface area contributed by atoms with Crippen molar-refractivity contribution in [2.45, 2.75) is 13.8 Å². The minimum Gasteiger partial charge on any atom is -0.345 e. The number of amides is 1. The van der Waals surface area contributed by atoms with Gasteiger partial charge in [0.15, 0.2) is 5.78 Å². The lowest BCUT2D eigenvalue weighted by Crippen LogP contribution is -2.31. The van der Waals surface area contributed by atoms with E-state index >= 15 is 0 Å². The summed E-state index contributed by atoms with van der Waals surface area (Å²) in [5.74, 6) is -0.239. The Kier molecular flexibility index (Phi) is 4.68. The Morgan fingerprint density at radius 1 is 1.25 bits per heavy atom. The van der Waals surface area contributed by atoms with Crippen molar-refractivity contribution in [1.29, 1.82) is 0 Å². The van der Waals surface area contributed by atoms with Crippen LogP contribution in [0.15, 0.2) is 28.7 Å². The molecule has 0 aliphatic heterocycles. The predicted molar refractivity (Wildman–Crippen MR) is 66.3 cm³/mol. The van der Waals surface area contributed by atoms with E-state index in [1.54, 1.807) is 24.3 Å². The summed E-state index contributed by atoms with van der Waals surface area (Å²) in [5, 5.41) is 2.60. The first-order valence-corrected chi connectivity index (χ1v) is 5.86. The Labute approximate surface area is 103 Å². The second-order valence-corrected chi connectivity index (χ2v) is 4.73. The first kappa shape index (κ1) is 12.9. The molecule has 0 bridgehead atoms. The van der Waals surface area contributed by atoms with Gasteiger partial charge in [0.1, 0.15) is 0 Å². The number of carbonyl (C=O) groups is 2. The van der Waals surface area contributed by atoms with Crippen molar-refractivity contribution in [2.24, 2.45) is 5.92 Å². The van der Waals surface area contributed by atoms with Crippen LogP contribution in [-0.2, 0) is 4.79 Å². The van der Waals surface area contributed by atoms with Crippen LogP contribution in [0.25, 0.3) is 0 Å². The Morgan fingerprint density at radius 2 is 1.81 bits per heavy atom. The van der Waals surface area contributed by atoms with E-state index in [1.807, 2.05) is 13.8 Å². The van der Waals surface area contributed by atoms with Crippen molar-refractivity contribution < 1.29 is 9.59 Å². The molecule has 1 rings (SSSR count). The number of benzene rings is 1. The molecule has 0 aliphatic rings. The fraction of sp³-hybridized carbons (Fsp3) is 0.333. The summed E-state index contributed by atoms with van der Waals surface area (Å²) >= 11 is 3.29. The maximum Gasteiger partial charge on any atom is 0.251 e. The standard InChI is InChI=1S/C12H14BrNO2/c1-8(2)11(15)7-14-12(16)9-3-5-10(13)6-4-9/h3-6,8H,7H2,1-2H3,(H,14,16). The zero-order chi connectivity index (χ0) is 12.1. The number of hydrogen-bond acceptors (Lipinski definition) is 2. The highest BCUT2D eigenvalue weighted by Gasteiger charge is 2.10. The molecule has 3 nitrogen and oxygen atoms in total. The van der Waals surface area contributed by atoms with Gasteiger partial charge in [0.2, 0.25) is 0 Å². The van der Waals surface area contributed by atoms with E-state index in [-0.39, 0.29) is 24.2 Å². The van der Waals surface area contributed by atoms with Gasteiger partial charge in [-0.2, -0.15) is 0 Å². The van der Waals surface area contributed by atoms with Gasteiger partial charge in [-0.1, -0.05) is 29.8 Å². The molecule has 1 N–H and O–H groups in total. The average molecular weight is 284 g/mol. The molecule has 0 aromatic heterocycles. The third-order valence-electron chi connectivity index (χ3n) is 2.17. The fourth-order valence-corrected chi connectivity index (χ4v) is 1.34. The van der Waals surface area contributed by atoms with Crippen molar-refractivity contribution in [3.05, 3.63) is 34.3 Å². The molecule has 0 heterocycles. The highest BCUT2D eigenvalue weighted by molar-refractivity contribution is 9.10. The average Bonchev–Trinajstić information content (AvgIpc) is 2.26. The molecule has 0 atom stereocenters. The van der Waals surface area contributed by atoms with E-state index in [2.05, 4.69) is 21.2 Å². The SMILES string of the molecule is CC(C)C(=O)CNC(=O)c1ccc(Br)cc1. The van der Waals surface area contributed by atoms with Crippen LogP contribution in [0, 0.1) is 5.92 Å². The zero-order valence-corrected chi connectivity index (χ0v) is 10.9. The number of Topliss-reactive ketones (excluding diaryl/α,β-unsaturated/α-hetero) is 1. The molecule has 16 heavy (non-hydrogen) atoms. The van der Waals surface area contributed by atoms with Crippen molar-refractivity contribution in [3.8, 4) is 0 Å². The van der Waals surface area contributed by atoms with Crippen LogP contribution in [0.2, 0.25) is 0 Å². The molecule has 4 heteroatoms. The third kappa shape index (κ3) is 3.77. The van der Waals surface area contributed by atoms with E-state index < -0.39 is 0 Å². The second-order valence-electron chi connectivity index (χ2n) is 3.81. The highest BCUT2D eigenvalue weighted by atomic mass is 79.9. The summed E-state index contributed by atoms with van der Waals surface area (Å²) in [6.07, 6.45) is 0. The normalized spacial score (nSPS) is 10.2. The lowest BCUT2D eigenvalue weighted by atomic mass is 10.1. The zero-order valence-electron chi connectivity index (χ0n) is 9.29. The maximum atomic E-state index is 11.6. The third-order valence-corrected chi connectivity index (χ3v) is 2.70. The molecule has 0 radical (unpaired) electrons. The summed E-state index contributed by atoms with van der Waals surface area (Å²) < 4.78 is 0.919. The summed E-state index contributed by atoms with van der Waals surface area (Å²) in [7, 11) is 0. The van der Waals surface area contributed by atoms with Crippen molar-refractivity contribution >= 4 is 27.6 Å². The van der Waals surface area contributed by atoms with Gasteiger partial charge in [-0.3, -0.25) is 9.59 Å². The van der Waals surface area contributed by atoms with Crippen molar-refractivity contribution in [3.63, 3.8) is 0 Å². The van der Waals surface area contributed by atoms with Gasteiger partial charge < -0.3 is 5.32 Å². The topological polar surface area (TPSA) is 46.2 Å². The fourth-order valence-electron chi connectivity index (χ4n) is 1.07. The van der Waals surface area contributed by atoms with Crippen LogP contribution >= 0.6 is 15.9 Å². The summed E-state index contributed by atoms with van der Waals surface area (Å²) in [5.41, 5.74) is 0.555. The number of ketones is 1. The minimum atomic E-state index is -0.221. The van der Waals surface area contributed by atoms with Crippen LogP contribution in [0.3, 0.4) is 0 Å². The van der Waals surface area contributed by atoms with E-state index in [1.165, 1.54) is 0 Å². The number of halogens is 1. The lowest BCUT2D eigenvalue weighted by molar-refractivity contribution is -0.120. The van der Waals surface area contributed by atoms with Gasteiger partial charge in [-0.25, -0.2) is 0 Å². The number of rotatable bonds is 4. The Hall–Kier alpha value is -1.16.